The van der Waals surface area contributed by atoms with E-state index in [4.69, 9.17) is 23.2 Å². The monoisotopic (exact) mass is 464 g/mol. The van der Waals surface area contributed by atoms with Crippen LogP contribution in [0.3, 0.4) is 0 Å². The van der Waals surface area contributed by atoms with E-state index in [1.165, 1.54) is 6.07 Å². The Kier molecular flexibility index (Phi) is 7.31. The molecule has 3 heterocycles. The van der Waals surface area contributed by atoms with E-state index in [2.05, 4.69) is 32.2 Å². The zero-order chi connectivity index (χ0) is 21.8. The molecule has 0 bridgehead atoms. The van der Waals surface area contributed by atoms with Crippen LogP contribution in [0, 0.1) is 5.82 Å². The summed E-state index contributed by atoms with van der Waals surface area (Å²) in [6.45, 7) is 4.69. The second-order valence-corrected chi connectivity index (χ2v) is 8.95. The van der Waals surface area contributed by atoms with Crippen LogP contribution in [-0.2, 0) is 17.6 Å². The number of rotatable bonds is 7. The minimum Gasteiger partial charge on any atom is -0.368 e. The number of nitrogens with one attached hydrogen (secondary N) is 1. The highest BCUT2D eigenvalue weighted by atomic mass is 35.5. The first-order valence-corrected chi connectivity index (χ1v) is 11.7. The average molecular weight is 465 g/mol. The number of amides is 1. The summed E-state index contributed by atoms with van der Waals surface area (Å²) < 4.78 is 13.5. The molecule has 0 saturated carbocycles. The molecule has 31 heavy (non-hydrogen) atoms. The molecule has 1 aromatic heterocycles. The fraction of sp³-hybridized carbons (Fsp3) is 0.478. The van der Waals surface area contributed by atoms with Crippen molar-refractivity contribution in [1.29, 1.82) is 0 Å². The summed E-state index contributed by atoms with van der Waals surface area (Å²) in [7, 11) is 0. The van der Waals surface area contributed by atoms with E-state index in [9.17, 15) is 9.18 Å². The fourth-order valence-corrected chi connectivity index (χ4v) is 4.64. The van der Waals surface area contributed by atoms with E-state index < -0.39 is 5.82 Å². The Morgan fingerprint density at radius 1 is 0.968 bits per heavy atom. The number of piperazine rings is 1. The third-order valence-electron chi connectivity index (χ3n) is 6.05. The standard InChI is InChI=1S/C23H27Cl2FN4O/c24-21-18(26)8-9-19(22(21)25)30-14-12-29(13-15-30)11-3-1-2-4-17-7-5-16-6-10-20(31)28-23(16)27-17/h5,7-9H,1-4,6,10-15H2,(H,27,28,31). The Labute approximate surface area is 192 Å². The van der Waals surface area contributed by atoms with Crippen molar-refractivity contribution >= 4 is 40.6 Å². The molecule has 2 aromatic rings. The van der Waals surface area contributed by atoms with E-state index in [1.807, 2.05) is 0 Å². The number of carbonyl (C=O) groups is 1. The SMILES string of the molecule is O=C1CCc2ccc(CCCCCN3CCN(c4ccc(F)c(Cl)c4Cl)CC3)nc2N1. The van der Waals surface area contributed by atoms with Gasteiger partial charge in [0, 0.05) is 38.3 Å². The molecule has 1 fully saturated rings. The van der Waals surface area contributed by atoms with Crippen LogP contribution in [0.1, 0.15) is 36.9 Å². The molecule has 0 spiro atoms. The largest absolute Gasteiger partial charge is 0.368 e. The summed E-state index contributed by atoms with van der Waals surface area (Å²) in [6, 6.07) is 7.26. The summed E-state index contributed by atoms with van der Waals surface area (Å²) >= 11 is 12.2. The molecule has 2 aliphatic heterocycles. The molecule has 0 atom stereocenters. The molecule has 4 rings (SSSR count). The molecule has 2 aliphatic rings. The Hall–Kier alpha value is -1.89. The lowest BCUT2D eigenvalue weighted by atomic mass is 10.0. The van der Waals surface area contributed by atoms with E-state index in [1.54, 1.807) is 6.07 Å². The molecular formula is C23H27Cl2FN4O. The number of hydrogen-bond acceptors (Lipinski definition) is 4. The lowest BCUT2D eigenvalue weighted by Gasteiger charge is -2.36. The zero-order valence-corrected chi connectivity index (χ0v) is 19.0. The van der Waals surface area contributed by atoms with Gasteiger partial charge >= 0.3 is 0 Å². The summed E-state index contributed by atoms with van der Waals surface area (Å²) in [6.07, 6.45) is 5.63. The molecule has 0 aliphatic carbocycles. The molecule has 166 valence electrons. The van der Waals surface area contributed by atoms with Crippen LogP contribution in [0.15, 0.2) is 24.3 Å². The number of halogens is 3. The Morgan fingerprint density at radius 2 is 1.77 bits per heavy atom. The van der Waals surface area contributed by atoms with Crippen LogP contribution in [0.5, 0.6) is 0 Å². The quantitative estimate of drug-likeness (QED) is 0.465. The number of carbonyl (C=O) groups excluding carboxylic acids is 1. The van der Waals surface area contributed by atoms with Crippen LogP contribution < -0.4 is 10.2 Å². The predicted molar refractivity (Wildman–Crippen MR) is 124 cm³/mol. The Balaban J connectivity index is 1.16. The van der Waals surface area contributed by atoms with E-state index in [0.29, 0.717) is 11.4 Å². The van der Waals surface area contributed by atoms with Crippen molar-refractivity contribution in [2.75, 3.05) is 42.9 Å². The van der Waals surface area contributed by atoms with Gasteiger partial charge in [0.25, 0.3) is 0 Å². The van der Waals surface area contributed by atoms with Crippen molar-refractivity contribution in [2.45, 2.75) is 38.5 Å². The summed E-state index contributed by atoms with van der Waals surface area (Å²) in [5.41, 5.74) is 2.98. The van der Waals surface area contributed by atoms with Gasteiger partial charge in [-0.3, -0.25) is 9.69 Å². The van der Waals surface area contributed by atoms with Gasteiger partial charge in [0.2, 0.25) is 5.91 Å². The molecule has 5 nitrogen and oxygen atoms in total. The first-order valence-electron chi connectivity index (χ1n) is 10.9. The second kappa shape index (κ2) is 10.2. The molecule has 0 unspecified atom stereocenters. The van der Waals surface area contributed by atoms with Crippen LogP contribution in [0.2, 0.25) is 10.0 Å². The van der Waals surface area contributed by atoms with Crippen molar-refractivity contribution in [3.8, 4) is 0 Å². The van der Waals surface area contributed by atoms with Gasteiger partial charge in [-0.2, -0.15) is 0 Å². The van der Waals surface area contributed by atoms with Gasteiger partial charge in [-0.15, -0.1) is 0 Å². The first kappa shape index (κ1) is 22.3. The molecule has 1 amide bonds. The fourth-order valence-electron chi connectivity index (χ4n) is 4.21. The van der Waals surface area contributed by atoms with Crippen molar-refractivity contribution in [1.82, 2.24) is 9.88 Å². The Morgan fingerprint density at radius 3 is 2.58 bits per heavy atom. The summed E-state index contributed by atoms with van der Waals surface area (Å²) in [4.78, 5) is 20.8. The molecule has 8 heteroatoms. The molecular weight excluding hydrogens is 438 g/mol. The predicted octanol–water partition coefficient (Wildman–Crippen LogP) is 4.95. The molecule has 1 aromatic carbocycles. The lowest BCUT2D eigenvalue weighted by molar-refractivity contribution is -0.116. The molecule has 1 N–H and O–H groups in total. The zero-order valence-electron chi connectivity index (χ0n) is 17.5. The Bertz CT molecular complexity index is 947. The second-order valence-electron chi connectivity index (χ2n) is 8.19. The van der Waals surface area contributed by atoms with E-state index in [-0.39, 0.29) is 10.9 Å². The van der Waals surface area contributed by atoms with Gasteiger partial charge in [-0.05, 0) is 56.0 Å². The third-order valence-corrected chi connectivity index (χ3v) is 6.90. The van der Waals surface area contributed by atoms with Crippen molar-refractivity contribution < 1.29 is 9.18 Å². The van der Waals surface area contributed by atoms with Crippen molar-refractivity contribution in [2.24, 2.45) is 0 Å². The number of unbranched alkanes of at least 4 members (excludes halogenated alkanes) is 2. The van der Waals surface area contributed by atoms with Crippen LogP contribution in [-0.4, -0.2) is 48.5 Å². The van der Waals surface area contributed by atoms with Crippen LogP contribution in [0.4, 0.5) is 15.9 Å². The van der Waals surface area contributed by atoms with Crippen LogP contribution >= 0.6 is 23.2 Å². The number of pyridine rings is 1. The van der Waals surface area contributed by atoms with Gasteiger partial charge < -0.3 is 10.2 Å². The number of aryl methyl sites for hydroxylation is 2. The number of anilines is 2. The topological polar surface area (TPSA) is 48.5 Å². The van der Waals surface area contributed by atoms with Crippen molar-refractivity contribution in [3.63, 3.8) is 0 Å². The minimum atomic E-state index is -0.482. The van der Waals surface area contributed by atoms with E-state index >= 15 is 0 Å². The third kappa shape index (κ3) is 5.48. The highest BCUT2D eigenvalue weighted by molar-refractivity contribution is 6.43. The molecule has 0 radical (unpaired) electrons. The summed E-state index contributed by atoms with van der Waals surface area (Å²) in [5, 5.41) is 3.17. The lowest BCUT2D eigenvalue weighted by Crippen LogP contribution is -2.46. The van der Waals surface area contributed by atoms with Crippen LogP contribution in [0.25, 0.3) is 0 Å². The van der Waals surface area contributed by atoms with Gasteiger partial charge in [0.1, 0.15) is 11.6 Å². The van der Waals surface area contributed by atoms with E-state index in [0.717, 1.165) is 87.6 Å². The maximum Gasteiger partial charge on any atom is 0.225 e. The highest BCUT2D eigenvalue weighted by Crippen LogP contribution is 2.35. The molecule has 1 saturated heterocycles. The normalized spacial score (nSPS) is 16.9. The number of benzene rings is 1. The smallest absolute Gasteiger partial charge is 0.225 e. The van der Waals surface area contributed by atoms with Crippen molar-refractivity contribution in [3.05, 3.63) is 51.4 Å². The first-order chi connectivity index (χ1) is 15.0. The minimum absolute atomic E-state index is 0.00241. The maximum absolute atomic E-state index is 13.5. The van der Waals surface area contributed by atoms with Gasteiger partial charge in [-0.25, -0.2) is 9.37 Å². The summed E-state index contributed by atoms with van der Waals surface area (Å²) in [5.74, 6) is 0.320. The number of aromatic nitrogens is 1. The maximum atomic E-state index is 13.5. The number of fused-ring (bicyclic) bond motifs is 1. The van der Waals surface area contributed by atoms with Gasteiger partial charge in [-0.1, -0.05) is 35.7 Å². The number of nitrogens with zero attached hydrogens (tertiary/aromatic N) is 3. The van der Waals surface area contributed by atoms with Gasteiger partial charge in [0.05, 0.1) is 15.7 Å². The average Bonchev–Trinajstić information content (AvgIpc) is 2.78. The van der Waals surface area contributed by atoms with Gasteiger partial charge in [0.15, 0.2) is 0 Å². The highest BCUT2D eigenvalue weighted by Gasteiger charge is 2.21. The number of hydrogen-bond donors (Lipinski definition) is 1.